The number of halogens is 7. The number of hydrogen-bond donors (Lipinski definition) is 2. The van der Waals surface area contributed by atoms with Crippen molar-refractivity contribution in [3.05, 3.63) is 253 Å². The smallest absolute Gasteiger partial charge is 0.399 e. The zero-order valence-corrected chi connectivity index (χ0v) is 45.0. The van der Waals surface area contributed by atoms with E-state index in [9.17, 15) is 36.6 Å². The van der Waals surface area contributed by atoms with Crippen LogP contribution >= 0.6 is 15.9 Å². The summed E-state index contributed by atoms with van der Waals surface area (Å²) in [5, 5.41) is 20.9. The Kier molecular flexibility index (Phi) is 15.9. The number of allylic oxidation sites excluding steroid dienone is 2. The Labute approximate surface area is 457 Å². The molecule has 398 valence electrons. The lowest BCUT2D eigenvalue weighted by atomic mass is 9.79. The third kappa shape index (κ3) is 11.8. The Morgan fingerprint density at radius 3 is 1.50 bits per heavy atom. The lowest BCUT2D eigenvalue weighted by Crippen LogP contribution is -2.41. The first-order valence-corrected chi connectivity index (χ1v) is 25.9. The van der Waals surface area contributed by atoms with Gasteiger partial charge in [0.25, 0.3) is 0 Å². The third-order valence-electron chi connectivity index (χ3n) is 14.4. The number of aliphatic hydroxyl groups is 2. The van der Waals surface area contributed by atoms with Crippen molar-refractivity contribution in [1.29, 1.82) is 0 Å². The first-order chi connectivity index (χ1) is 37.0. The minimum Gasteiger partial charge on any atom is -0.399 e. The summed E-state index contributed by atoms with van der Waals surface area (Å²) >= 11 is 3.21. The summed E-state index contributed by atoms with van der Waals surface area (Å²) in [7, 11) is -0.374. The first kappa shape index (κ1) is 55.7. The van der Waals surface area contributed by atoms with Crippen LogP contribution in [0, 0.1) is 13.8 Å². The molecular formula is C62H54BBrF6N4O4. The second kappa shape index (κ2) is 22.3. The molecular weight excluding hydrogens is 1070 g/mol. The maximum Gasteiger partial charge on any atom is 0.496 e. The summed E-state index contributed by atoms with van der Waals surface area (Å²) in [6, 6.07) is 38.5. The molecule has 16 heteroatoms. The van der Waals surface area contributed by atoms with Gasteiger partial charge in [-0.3, -0.25) is 19.9 Å². The quantitative estimate of drug-likeness (QED) is 0.114. The van der Waals surface area contributed by atoms with Gasteiger partial charge in [0.05, 0.1) is 45.1 Å². The summed E-state index contributed by atoms with van der Waals surface area (Å²) in [4.78, 5) is 16.8. The average Bonchev–Trinajstić information content (AvgIpc) is 4.11. The SMILES string of the molecule is Cc1ccccc1C1=CCc2ncc(-c3cccc(C(O)c4ncccc4C(F)(F)F)c3)cc21.Cc1ccccc1C1=CCc2ncc(B3OC(C)(C)C(C)(C)O3)cc21.OC(c1cccc(Br)c1)c1ncccc1C(F)(F)F. The van der Waals surface area contributed by atoms with Crippen molar-refractivity contribution in [2.45, 2.75) is 90.1 Å². The van der Waals surface area contributed by atoms with Crippen LogP contribution in [-0.4, -0.2) is 48.5 Å². The van der Waals surface area contributed by atoms with Gasteiger partial charge in [-0.15, -0.1) is 0 Å². The van der Waals surface area contributed by atoms with Gasteiger partial charge in [-0.2, -0.15) is 26.3 Å². The molecule has 0 saturated carbocycles. The highest BCUT2D eigenvalue weighted by molar-refractivity contribution is 9.10. The van der Waals surface area contributed by atoms with Crippen molar-refractivity contribution < 1.29 is 45.9 Å². The van der Waals surface area contributed by atoms with Gasteiger partial charge in [-0.05, 0) is 140 Å². The molecule has 2 N–H and O–H groups in total. The molecule has 8 nitrogen and oxygen atoms in total. The fourth-order valence-corrected chi connectivity index (χ4v) is 9.99. The Hall–Kier alpha value is -7.08. The van der Waals surface area contributed by atoms with Crippen molar-refractivity contribution in [3.63, 3.8) is 0 Å². The van der Waals surface area contributed by atoms with Gasteiger partial charge < -0.3 is 19.5 Å². The minimum atomic E-state index is -4.61. The van der Waals surface area contributed by atoms with E-state index >= 15 is 0 Å². The summed E-state index contributed by atoms with van der Waals surface area (Å²) in [6.07, 6.45) is 0.126. The van der Waals surface area contributed by atoms with Crippen LogP contribution in [0.25, 0.3) is 22.3 Å². The van der Waals surface area contributed by atoms with E-state index in [4.69, 9.17) is 14.3 Å². The van der Waals surface area contributed by atoms with Gasteiger partial charge in [-0.25, -0.2) is 0 Å². The van der Waals surface area contributed by atoms with Crippen molar-refractivity contribution in [2.24, 2.45) is 0 Å². The fourth-order valence-electron chi connectivity index (χ4n) is 9.57. The molecule has 3 aliphatic rings. The summed E-state index contributed by atoms with van der Waals surface area (Å²) in [5.41, 5.74) is 11.5. The number of fused-ring (bicyclic) bond motifs is 2. The van der Waals surface area contributed by atoms with E-state index in [2.05, 4.69) is 133 Å². The predicted octanol–water partition coefficient (Wildman–Crippen LogP) is 14.2. The lowest BCUT2D eigenvalue weighted by Gasteiger charge is -2.32. The van der Waals surface area contributed by atoms with Gasteiger partial charge >= 0.3 is 19.5 Å². The molecule has 0 radical (unpaired) electrons. The third-order valence-corrected chi connectivity index (χ3v) is 14.9. The van der Waals surface area contributed by atoms with Crippen LogP contribution in [0.3, 0.4) is 0 Å². The van der Waals surface area contributed by atoms with Crippen LogP contribution in [-0.2, 0) is 34.5 Å². The van der Waals surface area contributed by atoms with Gasteiger partial charge in [-0.1, -0.05) is 113 Å². The molecule has 2 aliphatic carbocycles. The molecule has 1 fully saturated rings. The highest BCUT2D eigenvalue weighted by atomic mass is 79.9. The molecule has 0 spiro atoms. The molecule has 2 atom stereocenters. The summed E-state index contributed by atoms with van der Waals surface area (Å²) < 4.78 is 91.9. The van der Waals surface area contributed by atoms with E-state index in [0.29, 0.717) is 15.6 Å². The van der Waals surface area contributed by atoms with E-state index < -0.39 is 47.1 Å². The first-order valence-electron chi connectivity index (χ1n) is 25.1. The number of aliphatic hydroxyl groups excluding tert-OH is 2. The predicted molar refractivity (Wildman–Crippen MR) is 294 cm³/mol. The molecule has 78 heavy (non-hydrogen) atoms. The lowest BCUT2D eigenvalue weighted by molar-refractivity contribution is -0.140. The van der Waals surface area contributed by atoms with Gasteiger partial charge in [0, 0.05) is 64.3 Å². The van der Waals surface area contributed by atoms with E-state index in [1.807, 2.05) is 24.4 Å². The van der Waals surface area contributed by atoms with Crippen LogP contribution in [0.5, 0.6) is 0 Å². The molecule has 2 unspecified atom stereocenters. The number of aromatic nitrogens is 4. The zero-order valence-electron chi connectivity index (χ0n) is 43.5. The standard InChI is InChI=1S/C28H21F3N2O.C21H24BNO2.C13H9BrF3NO/c1-17-6-2-3-9-21(17)22-11-12-25-23(22)15-20(16-33-25)18-7-4-8-19(14-18)27(34)26-24(28(29,30)31)10-5-13-32-26;1-14-8-6-7-9-16(14)17-10-11-19-18(17)12-15(13-23-19)22-24-20(2,3)21(4,5)25-22;14-9-4-1-3-8(7-9)12(19)11-10(13(15,16)17)5-2-6-18-11/h2-11,13-16,27,34H,12H2,1H3;6-10,12-13H,11H2,1-5H3;1-7,12,19H. The van der Waals surface area contributed by atoms with E-state index in [0.717, 1.165) is 69.7 Å². The maximum atomic E-state index is 13.4. The second-order valence-corrected chi connectivity index (χ2v) is 21.1. The van der Waals surface area contributed by atoms with Gasteiger partial charge in [0.15, 0.2) is 0 Å². The Balaban J connectivity index is 0.000000149. The monoisotopic (exact) mass is 1120 g/mol. The molecule has 1 saturated heterocycles. The second-order valence-electron chi connectivity index (χ2n) is 20.2. The molecule has 5 heterocycles. The molecule has 11 rings (SSSR count). The van der Waals surface area contributed by atoms with Crippen LogP contribution in [0.15, 0.2) is 175 Å². The van der Waals surface area contributed by atoms with Crippen LogP contribution in [0.4, 0.5) is 26.3 Å². The molecule has 1 aliphatic heterocycles. The zero-order chi connectivity index (χ0) is 55.7. The van der Waals surface area contributed by atoms with Crippen molar-refractivity contribution in [2.75, 3.05) is 0 Å². The van der Waals surface area contributed by atoms with Crippen molar-refractivity contribution >= 4 is 39.7 Å². The van der Waals surface area contributed by atoms with E-state index in [-0.39, 0.29) is 18.3 Å². The van der Waals surface area contributed by atoms with Gasteiger partial charge in [0.1, 0.15) is 12.2 Å². The largest absolute Gasteiger partial charge is 0.496 e. The van der Waals surface area contributed by atoms with Gasteiger partial charge in [0.2, 0.25) is 0 Å². The topological polar surface area (TPSA) is 110 Å². The summed E-state index contributed by atoms with van der Waals surface area (Å²) in [6.45, 7) is 12.5. The number of benzene rings is 4. The van der Waals surface area contributed by atoms with Crippen LogP contribution < -0.4 is 5.46 Å². The van der Waals surface area contributed by atoms with Crippen molar-refractivity contribution in [1.82, 2.24) is 19.9 Å². The van der Waals surface area contributed by atoms with Crippen molar-refractivity contribution in [3.8, 4) is 11.1 Å². The number of aryl methyl sites for hydroxylation is 2. The minimum absolute atomic E-state index is 0.330. The Morgan fingerprint density at radius 2 is 1.00 bits per heavy atom. The van der Waals surface area contributed by atoms with E-state index in [1.165, 1.54) is 52.4 Å². The highest BCUT2D eigenvalue weighted by Crippen LogP contribution is 2.41. The Morgan fingerprint density at radius 1 is 0.526 bits per heavy atom. The normalized spacial score (nSPS) is 15.9. The number of pyridine rings is 4. The Bertz CT molecular complexity index is 3570. The van der Waals surface area contributed by atoms with Crippen LogP contribution in [0.1, 0.15) is 118 Å². The molecule has 0 amide bonds. The fraction of sp³-hybridized carbons (Fsp3) is 0.226. The number of alkyl halides is 6. The maximum absolute atomic E-state index is 13.4. The number of rotatable bonds is 8. The number of nitrogens with zero attached hydrogens (tertiary/aromatic N) is 4. The molecule has 4 aromatic carbocycles. The molecule has 0 bridgehead atoms. The number of hydrogen-bond acceptors (Lipinski definition) is 8. The molecule has 8 aromatic rings. The van der Waals surface area contributed by atoms with E-state index in [1.54, 1.807) is 48.7 Å². The summed E-state index contributed by atoms with van der Waals surface area (Å²) in [5.74, 6) is 0. The molecule has 4 aromatic heterocycles. The van der Waals surface area contributed by atoms with Crippen LogP contribution in [0.2, 0.25) is 0 Å². The average molecular weight is 1120 g/mol. The highest BCUT2D eigenvalue weighted by Gasteiger charge is 2.52.